The molecular formula is C18H18N2O2S. The molecule has 0 bridgehead atoms. The second-order valence-corrected chi connectivity index (χ2v) is 6.56. The maximum Gasteiger partial charge on any atom is 0.255 e. The predicted octanol–water partition coefficient (Wildman–Crippen LogP) is 3.01. The summed E-state index contributed by atoms with van der Waals surface area (Å²) in [6.07, 6.45) is 3.30. The number of carbonyl (C=O) groups excluding carboxylic acids is 2. The number of primary amides is 1. The van der Waals surface area contributed by atoms with Gasteiger partial charge < -0.3 is 11.1 Å². The summed E-state index contributed by atoms with van der Waals surface area (Å²) in [6, 6.07) is 13.3. The van der Waals surface area contributed by atoms with E-state index in [0.29, 0.717) is 11.3 Å². The summed E-state index contributed by atoms with van der Waals surface area (Å²) in [7, 11) is 0. The third-order valence-corrected chi connectivity index (χ3v) is 4.96. The molecule has 118 valence electrons. The van der Waals surface area contributed by atoms with Crippen LogP contribution in [0, 0.1) is 0 Å². The highest BCUT2D eigenvalue weighted by Gasteiger charge is 2.15. The Morgan fingerprint density at radius 1 is 1.09 bits per heavy atom. The lowest BCUT2D eigenvalue weighted by Gasteiger charge is -2.11. The topological polar surface area (TPSA) is 72.2 Å². The molecule has 0 fully saturated rings. The van der Waals surface area contributed by atoms with Crippen LogP contribution in [0.2, 0.25) is 0 Å². The molecule has 0 spiro atoms. The van der Waals surface area contributed by atoms with Crippen molar-refractivity contribution in [2.24, 2.45) is 5.73 Å². The molecule has 0 saturated heterocycles. The normalized spacial score (nSPS) is 12.7. The van der Waals surface area contributed by atoms with Crippen molar-refractivity contribution in [3.05, 3.63) is 59.2 Å². The number of nitrogens with two attached hydrogens (primary N) is 1. The molecule has 0 aliphatic heterocycles. The van der Waals surface area contributed by atoms with E-state index in [2.05, 4.69) is 5.32 Å². The van der Waals surface area contributed by atoms with Gasteiger partial charge in [0.05, 0.1) is 11.4 Å². The molecule has 2 amide bonds. The number of anilines is 1. The number of hydrogen-bond acceptors (Lipinski definition) is 3. The van der Waals surface area contributed by atoms with E-state index in [4.69, 9.17) is 5.73 Å². The fraction of sp³-hybridized carbons (Fsp3) is 0.222. The summed E-state index contributed by atoms with van der Waals surface area (Å²) >= 11 is 1.32. The number of para-hydroxylation sites is 1. The number of fused-ring (bicyclic) bond motifs is 1. The Balaban J connectivity index is 1.76. The van der Waals surface area contributed by atoms with E-state index in [-0.39, 0.29) is 17.6 Å². The number of benzene rings is 2. The molecule has 0 unspecified atom stereocenters. The lowest BCUT2D eigenvalue weighted by atomic mass is 10.1. The van der Waals surface area contributed by atoms with E-state index >= 15 is 0 Å². The van der Waals surface area contributed by atoms with Crippen LogP contribution in [0.15, 0.2) is 47.4 Å². The van der Waals surface area contributed by atoms with Gasteiger partial charge in [0.2, 0.25) is 5.91 Å². The third kappa shape index (κ3) is 3.74. The first-order valence-corrected chi connectivity index (χ1v) is 8.55. The van der Waals surface area contributed by atoms with Gasteiger partial charge >= 0.3 is 0 Å². The maximum absolute atomic E-state index is 12.5. The van der Waals surface area contributed by atoms with Crippen LogP contribution in [0.25, 0.3) is 0 Å². The molecule has 3 rings (SSSR count). The number of amides is 2. The standard InChI is InChI=1S/C18H18N2O2S/c19-17(21)11-23-16-7-2-1-6-15(16)20-18(22)14-9-8-12-4-3-5-13(12)10-14/h1-2,6-10H,3-5,11H2,(H2,19,21)(H,20,22). The molecule has 3 N–H and O–H groups in total. The van der Waals surface area contributed by atoms with Crippen LogP contribution in [0.4, 0.5) is 5.69 Å². The Morgan fingerprint density at radius 3 is 2.70 bits per heavy atom. The molecule has 0 radical (unpaired) electrons. The Bertz CT molecular complexity index is 758. The van der Waals surface area contributed by atoms with Gasteiger partial charge in [0, 0.05) is 10.5 Å². The van der Waals surface area contributed by atoms with Gasteiger partial charge in [-0.3, -0.25) is 9.59 Å². The monoisotopic (exact) mass is 326 g/mol. The number of rotatable bonds is 5. The van der Waals surface area contributed by atoms with Crippen molar-refractivity contribution in [2.75, 3.05) is 11.1 Å². The smallest absolute Gasteiger partial charge is 0.255 e. The number of thioether (sulfide) groups is 1. The van der Waals surface area contributed by atoms with Crippen molar-refractivity contribution < 1.29 is 9.59 Å². The van der Waals surface area contributed by atoms with Gasteiger partial charge in [-0.2, -0.15) is 0 Å². The van der Waals surface area contributed by atoms with Gasteiger partial charge in [-0.05, 0) is 54.7 Å². The molecule has 0 aromatic heterocycles. The Labute approximate surface area is 139 Å². The minimum Gasteiger partial charge on any atom is -0.369 e. The van der Waals surface area contributed by atoms with E-state index in [0.717, 1.165) is 24.2 Å². The van der Waals surface area contributed by atoms with Gasteiger partial charge in [-0.15, -0.1) is 11.8 Å². The van der Waals surface area contributed by atoms with Crippen LogP contribution in [0.1, 0.15) is 27.9 Å². The van der Waals surface area contributed by atoms with Crippen molar-refractivity contribution >= 4 is 29.3 Å². The summed E-state index contributed by atoms with van der Waals surface area (Å²) in [5, 5.41) is 2.93. The summed E-state index contributed by atoms with van der Waals surface area (Å²) in [6.45, 7) is 0. The number of carbonyl (C=O) groups is 2. The highest BCUT2D eigenvalue weighted by atomic mass is 32.2. The first-order valence-electron chi connectivity index (χ1n) is 7.57. The third-order valence-electron chi connectivity index (χ3n) is 3.87. The lowest BCUT2D eigenvalue weighted by molar-refractivity contribution is -0.115. The molecule has 1 aliphatic carbocycles. The molecule has 0 atom stereocenters. The van der Waals surface area contributed by atoms with Crippen molar-refractivity contribution in [1.82, 2.24) is 0 Å². The zero-order chi connectivity index (χ0) is 16.2. The highest BCUT2D eigenvalue weighted by Crippen LogP contribution is 2.28. The maximum atomic E-state index is 12.5. The van der Waals surface area contributed by atoms with E-state index in [9.17, 15) is 9.59 Å². The van der Waals surface area contributed by atoms with Gasteiger partial charge in [0.15, 0.2) is 0 Å². The Hall–Kier alpha value is -2.27. The lowest BCUT2D eigenvalue weighted by Crippen LogP contribution is -2.15. The molecule has 4 nitrogen and oxygen atoms in total. The van der Waals surface area contributed by atoms with Crippen LogP contribution < -0.4 is 11.1 Å². The van der Waals surface area contributed by atoms with E-state index in [1.165, 1.54) is 22.9 Å². The van der Waals surface area contributed by atoms with Gasteiger partial charge in [0.1, 0.15) is 0 Å². The second kappa shape index (κ2) is 6.87. The fourth-order valence-electron chi connectivity index (χ4n) is 2.75. The summed E-state index contributed by atoms with van der Waals surface area (Å²) in [5.74, 6) is -0.326. The molecular weight excluding hydrogens is 308 g/mol. The minimum atomic E-state index is -0.380. The SMILES string of the molecule is NC(=O)CSc1ccccc1NC(=O)c1ccc2c(c1)CCC2. The number of aryl methyl sites for hydroxylation is 2. The minimum absolute atomic E-state index is 0.133. The molecule has 0 heterocycles. The Kier molecular flexibility index (Phi) is 4.67. The Morgan fingerprint density at radius 2 is 1.87 bits per heavy atom. The number of hydrogen-bond donors (Lipinski definition) is 2. The van der Waals surface area contributed by atoms with Crippen LogP contribution >= 0.6 is 11.8 Å². The molecule has 1 aliphatic rings. The molecule has 0 saturated carbocycles. The predicted molar refractivity (Wildman–Crippen MR) is 92.8 cm³/mol. The van der Waals surface area contributed by atoms with Crippen molar-refractivity contribution in [3.63, 3.8) is 0 Å². The molecule has 23 heavy (non-hydrogen) atoms. The van der Waals surface area contributed by atoms with Crippen molar-refractivity contribution in [1.29, 1.82) is 0 Å². The summed E-state index contributed by atoms with van der Waals surface area (Å²) in [4.78, 5) is 24.3. The van der Waals surface area contributed by atoms with Crippen LogP contribution in [-0.4, -0.2) is 17.6 Å². The van der Waals surface area contributed by atoms with E-state index < -0.39 is 0 Å². The number of nitrogens with one attached hydrogen (secondary N) is 1. The van der Waals surface area contributed by atoms with E-state index in [1.807, 2.05) is 42.5 Å². The van der Waals surface area contributed by atoms with Crippen LogP contribution in [-0.2, 0) is 17.6 Å². The summed E-state index contributed by atoms with van der Waals surface area (Å²) in [5.41, 5.74) is 9.17. The fourth-order valence-corrected chi connectivity index (χ4v) is 3.50. The van der Waals surface area contributed by atoms with Gasteiger partial charge in [-0.1, -0.05) is 18.2 Å². The molecule has 2 aromatic rings. The van der Waals surface area contributed by atoms with Crippen LogP contribution in [0.3, 0.4) is 0 Å². The highest BCUT2D eigenvalue weighted by molar-refractivity contribution is 8.00. The largest absolute Gasteiger partial charge is 0.369 e. The quantitative estimate of drug-likeness (QED) is 0.830. The second-order valence-electron chi connectivity index (χ2n) is 5.54. The van der Waals surface area contributed by atoms with Gasteiger partial charge in [0.25, 0.3) is 5.91 Å². The zero-order valence-corrected chi connectivity index (χ0v) is 13.5. The van der Waals surface area contributed by atoms with Crippen LogP contribution in [0.5, 0.6) is 0 Å². The van der Waals surface area contributed by atoms with E-state index in [1.54, 1.807) is 0 Å². The van der Waals surface area contributed by atoms with Crippen molar-refractivity contribution in [3.8, 4) is 0 Å². The zero-order valence-electron chi connectivity index (χ0n) is 12.7. The first-order chi connectivity index (χ1) is 11.1. The first kappa shape index (κ1) is 15.6. The average Bonchev–Trinajstić information content (AvgIpc) is 3.01. The molecule has 2 aromatic carbocycles. The average molecular weight is 326 g/mol. The van der Waals surface area contributed by atoms with Gasteiger partial charge in [-0.25, -0.2) is 0 Å². The summed E-state index contributed by atoms with van der Waals surface area (Å²) < 4.78 is 0. The van der Waals surface area contributed by atoms with Crippen molar-refractivity contribution in [2.45, 2.75) is 24.2 Å². The molecule has 5 heteroatoms.